The van der Waals surface area contributed by atoms with Gasteiger partial charge in [0.25, 0.3) is 0 Å². The first kappa shape index (κ1) is 17.8. The lowest BCUT2D eigenvalue weighted by atomic mass is 9.80. The summed E-state index contributed by atoms with van der Waals surface area (Å²) in [5, 5.41) is 14.3. The molecule has 24 heavy (non-hydrogen) atoms. The molecule has 3 rings (SSSR count). The zero-order valence-electron chi connectivity index (χ0n) is 13.1. The van der Waals surface area contributed by atoms with Crippen molar-refractivity contribution in [2.24, 2.45) is 5.92 Å². The van der Waals surface area contributed by atoms with Crippen LogP contribution in [0.3, 0.4) is 0 Å². The van der Waals surface area contributed by atoms with Gasteiger partial charge in [0.2, 0.25) is 5.92 Å². The second-order valence-corrected chi connectivity index (χ2v) is 7.50. The molecule has 2 N–H and O–H groups in total. The number of esters is 1. The molecule has 0 unspecified atom stereocenters. The van der Waals surface area contributed by atoms with Crippen LogP contribution in [0.15, 0.2) is 28.7 Å². The van der Waals surface area contributed by atoms with Crippen molar-refractivity contribution in [3.05, 3.63) is 34.3 Å². The van der Waals surface area contributed by atoms with Crippen LogP contribution in [-0.4, -0.2) is 36.2 Å². The van der Waals surface area contributed by atoms with Crippen molar-refractivity contribution in [2.45, 2.75) is 43.3 Å². The summed E-state index contributed by atoms with van der Waals surface area (Å²) in [5.74, 6) is -4.56. The third-order valence-corrected chi connectivity index (χ3v) is 5.41. The molecule has 0 spiro atoms. The van der Waals surface area contributed by atoms with E-state index < -0.39 is 29.8 Å². The number of nitrogens with one attached hydrogen (secondary N) is 1. The molecular formula is C17H20BrF2NO3. The Balaban J connectivity index is 1.90. The van der Waals surface area contributed by atoms with E-state index >= 15 is 0 Å². The van der Waals surface area contributed by atoms with Crippen molar-refractivity contribution < 1.29 is 23.4 Å². The molecule has 4 nitrogen and oxygen atoms in total. The number of carbonyl (C=O) groups excluding carboxylic acids is 1. The second kappa shape index (κ2) is 6.69. The first-order valence-corrected chi connectivity index (χ1v) is 8.88. The molecule has 2 fully saturated rings. The van der Waals surface area contributed by atoms with Crippen molar-refractivity contribution >= 4 is 21.9 Å². The predicted molar refractivity (Wildman–Crippen MR) is 87.7 cm³/mol. The van der Waals surface area contributed by atoms with Gasteiger partial charge in [-0.25, -0.2) is 13.6 Å². The molecule has 1 saturated heterocycles. The number of aliphatic hydroxyl groups is 1. The van der Waals surface area contributed by atoms with Crippen LogP contribution in [0.4, 0.5) is 8.78 Å². The summed E-state index contributed by atoms with van der Waals surface area (Å²) in [4.78, 5) is 12.7. The number of rotatable bonds is 4. The smallest absolute Gasteiger partial charge is 0.343 e. The summed E-state index contributed by atoms with van der Waals surface area (Å²) in [6.07, 6.45) is -0.436. The summed E-state index contributed by atoms with van der Waals surface area (Å²) in [6, 6.07) is 6.51. The molecule has 1 aliphatic heterocycles. The quantitative estimate of drug-likeness (QED) is 0.758. The maximum atomic E-state index is 13.7. The summed E-state index contributed by atoms with van der Waals surface area (Å²) < 4.78 is 33.6. The van der Waals surface area contributed by atoms with Gasteiger partial charge in [0, 0.05) is 29.8 Å². The van der Waals surface area contributed by atoms with E-state index in [-0.39, 0.29) is 18.9 Å². The molecule has 0 radical (unpaired) electrons. The van der Waals surface area contributed by atoms with Gasteiger partial charge in [-0.15, -0.1) is 0 Å². The Kier molecular flexibility index (Phi) is 4.95. The number of hydrogen-bond acceptors (Lipinski definition) is 4. The van der Waals surface area contributed by atoms with E-state index in [1.165, 1.54) is 0 Å². The van der Waals surface area contributed by atoms with Gasteiger partial charge < -0.3 is 15.2 Å². The molecular weight excluding hydrogens is 384 g/mol. The van der Waals surface area contributed by atoms with Crippen molar-refractivity contribution in [3.63, 3.8) is 0 Å². The fourth-order valence-electron chi connectivity index (χ4n) is 3.50. The molecule has 0 amide bonds. The lowest BCUT2D eigenvalue weighted by Gasteiger charge is -2.33. The first-order chi connectivity index (χ1) is 11.3. The van der Waals surface area contributed by atoms with E-state index in [4.69, 9.17) is 4.74 Å². The van der Waals surface area contributed by atoms with E-state index in [2.05, 4.69) is 21.2 Å². The standard InChI is InChI=1S/C17H20BrF2NO3/c18-13-3-1-11(2-4-13)17(23,12-5-7-16(19,20)9-12)15(22)24-14-6-8-21-10-14/h1-4,12,14,21,23H,5-10H2/t12-,14+,17+/m1/s1. The predicted octanol–water partition coefficient (Wildman–Crippen LogP) is 2.98. The van der Waals surface area contributed by atoms with Crippen LogP contribution in [0.1, 0.15) is 31.2 Å². The van der Waals surface area contributed by atoms with E-state index in [0.29, 0.717) is 18.5 Å². The SMILES string of the molecule is O=C(O[C@H]1CCNC1)[C@](O)(c1ccc(Br)cc1)[C@@H]1CCC(F)(F)C1. The van der Waals surface area contributed by atoms with E-state index in [0.717, 1.165) is 11.0 Å². The molecule has 3 atom stereocenters. The van der Waals surface area contributed by atoms with Gasteiger partial charge in [-0.3, -0.25) is 0 Å². The van der Waals surface area contributed by atoms with Crippen molar-refractivity contribution in [1.82, 2.24) is 5.32 Å². The second-order valence-electron chi connectivity index (χ2n) is 6.59. The fraction of sp³-hybridized carbons (Fsp3) is 0.588. The lowest BCUT2D eigenvalue weighted by molar-refractivity contribution is -0.179. The minimum atomic E-state index is -2.86. The highest BCUT2D eigenvalue weighted by Crippen LogP contribution is 2.48. The van der Waals surface area contributed by atoms with Gasteiger partial charge in [0.05, 0.1) is 0 Å². The molecule has 1 aromatic rings. The lowest BCUT2D eigenvalue weighted by Crippen LogP contribution is -2.45. The van der Waals surface area contributed by atoms with Crippen LogP contribution >= 0.6 is 15.9 Å². The summed E-state index contributed by atoms with van der Waals surface area (Å²) in [5.41, 5.74) is -1.76. The van der Waals surface area contributed by atoms with Crippen molar-refractivity contribution in [2.75, 3.05) is 13.1 Å². The zero-order chi connectivity index (χ0) is 17.4. The highest BCUT2D eigenvalue weighted by atomic mass is 79.9. The minimum Gasteiger partial charge on any atom is -0.459 e. The van der Waals surface area contributed by atoms with E-state index in [1.807, 2.05) is 0 Å². The Morgan fingerprint density at radius 2 is 2.04 bits per heavy atom. The molecule has 7 heteroatoms. The summed E-state index contributed by atoms with van der Waals surface area (Å²) in [7, 11) is 0. The number of benzene rings is 1. The summed E-state index contributed by atoms with van der Waals surface area (Å²) >= 11 is 3.30. The summed E-state index contributed by atoms with van der Waals surface area (Å²) in [6.45, 7) is 1.25. The Hall–Kier alpha value is -1.05. The molecule has 0 aromatic heterocycles. The Bertz CT molecular complexity index is 604. The number of carbonyl (C=O) groups is 1. The number of halogens is 3. The van der Waals surface area contributed by atoms with Gasteiger partial charge in [0.1, 0.15) is 6.10 Å². The molecule has 1 aliphatic carbocycles. The van der Waals surface area contributed by atoms with Crippen LogP contribution in [-0.2, 0) is 15.1 Å². The van der Waals surface area contributed by atoms with Crippen LogP contribution in [0.5, 0.6) is 0 Å². The van der Waals surface area contributed by atoms with Crippen LogP contribution in [0.25, 0.3) is 0 Å². The molecule has 132 valence electrons. The zero-order valence-corrected chi connectivity index (χ0v) is 14.7. The van der Waals surface area contributed by atoms with Crippen molar-refractivity contribution in [1.29, 1.82) is 0 Å². The van der Waals surface area contributed by atoms with Crippen molar-refractivity contribution in [3.8, 4) is 0 Å². The van der Waals surface area contributed by atoms with Gasteiger partial charge in [0.15, 0.2) is 5.60 Å². The van der Waals surface area contributed by atoms with Gasteiger partial charge >= 0.3 is 5.97 Å². The van der Waals surface area contributed by atoms with Gasteiger partial charge in [-0.2, -0.15) is 0 Å². The topological polar surface area (TPSA) is 58.6 Å². The van der Waals surface area contributed by atoms with E-state index in [9.17, 15) is 18.7 Å². The fourth-order valence-corrected chi connectivity index (χ4v) is 3.77. The molecule has 1 heterocycles. The minimum absolute atomic E-state index is 0.0809. The van der Waals surface area contributed by atoms with Gasteiger partial charge in [-0.1, -0.05) is 28.1 Å². The Morgan fingerprint density at radius 3 is 2.58 bits per heavy atom. The van der Waals surface area contributed by atoms with Crippen LogP contribution < -0.4 is 5.32 Å². The monoisotopic (exact) mass is 403 g/mol. The molecule has 1 saturated carbocycles. The Labute approximate surface area is 147 Å². The average molecular weight is 404 g/mol. The van der Waals surface area contributed by atoms with Crippen LogP contribution in [0.2, 0.25) is 0 Å². The molecule has 1 aromatic carbocycles. The molecule has 2 aliphatic rings. The highest BCUT2D eigenvalue weighted by Gasteiger charge is 2.54. The maximum Gasteiger partial charge on any atom is 0.343 e. The first-order valence-electron chi connectivity index (χ1n) is 8.09. The van der Waals surface area contributed by atoms with Crippen LogP contribution in [0, 0.1) is 5.92 Å². The number of hydrogen-bond donors (Lipinski definition) is 2. The molecule has 0 bridgehead atoms. The van der Waals surface area contributed by atoms with E-state index in [1.54, 1.807) is 24.3 Å². The average Bonchev–Trinajstić information content (AvgIpc) is 3.16. The third-order valence-electron chi connectivity index (χ3n) is 4.88. The maximum absolute atomic E-state index is 13.7. The highest BCUT2D eigenvalue weighted by molar-refractivity contribution is 9.10. The van der Waals surface area contributed by atoms with Gasteiger partial charge in [-0.05, 0) is 37.1 Å². The Morgan fingerprint density at radius 1 is 1.33 bits per heavy atom. The largest absolute Gasteiger partial charge is 0.459 e. The number of ether oxygens (including phenoxy) is 1. The third kappa shape index (κ3) is 3.48. The normalized spacial score (nSPS) is 28.5. The number of alkyl halides is 2.